The molecule has 0 saturated carbocycles. The van der Waals surface area contributed by atoms with Crippen molar-refractivity contribution < 1.29 is 4.79 Å². The van der Waals surface area contributed by atoms with E-state index in [1.54, 1.807) is 0 Å². The summed E-state index contributed by atoms with van der Waals surface area (Å²) in [4.78, 5) is 21.0. The number of carbonyl (C=O) groups excluding carboxylic acids is 1. The van der Waals surface area contributed by atoms with Gasteiger partial charge in [0, 0.05) is 57.1 Å². The van der Waals surface area contributed by atoms with Crippen LogP contribution in [0.3, 0.4) is 0 Å². The normalized spacial score (nSPS) is 18.1. The van der Waals surface area contributed by atoms with Crippen LogP contribution in [0.2, 0.25) is 0 Å². The second kappa shape index (κ2) is 10.4. The van der Waals surface area contributed by atoms with Crippen molar-refractivity contribution >= 4 is 11.6 Å². The third-order valence-electron chi connectivity index (χ3n) is 8.01. The van der Waals surface area contributed by atoms with Crippen LogP contribution >= 0.6 is 0 Å². The summed E-state index contributed by atoms with van der Waals surface area (Å²) >= 11 is 0. The van der Waals surface area contributed by atoms with Crippen LogP contribution in [0.5, 0.6) is 0 Å². The Morgan fingerprint density at radius 3 is 2.22 bits per heavy atom. The average Bonchev–Trinajstić information content (AvgIpc) is 3.11. The van der Waals surface area contributed by atoms with Crippen molar-refractivity contribution in [2.45, 2.75) is 19.0 Å². The lowest BCUT2D eigenvalue weighted by atomic mass is 9.92. The van der Waals surface area contributed by atoms with E-state index in [1.165, 1.54) is 27.9 Å². The maximum Gasteiger partial charge on any atom is 0.255 e. The molecule has 0 aromatic heterocycles. The molecular weight excluding hydrogens is 456 g/mol. The third kappa shape index (κ3) is 4.61. The van der Waals surface area contributed by atoms with Gasteiger partial charge in [0.05, 0.1) is 6.04 Å². The summed E-state index contributed by atoms with van der Waals surface area (Å²) in [5.41, 5.74) is 14.2. The summed E-state index contributed by atoms with van der Waals surface area (Å²) in [6, 6.07) is 31.5. The van der Waals surface area contributed by atoms with Crippen molar-refractivity contribution in [1.82, 2.24) is 9.80 Å². The van der Waals surface area contributed by atoms with E-state index in [4.69, 9.17) is 5.73 Å². The van der Waals surface area contributed by atoms with E-state index in [9.17, 15) is 4.79 Å². The largest absolute Gasteiger partial charge is 0.369 e. The molecule has 1 unspecified atom stereocenters. The van der Waals surface area contributed by atoms with Crippen LogP contribution in [0.1, 0.15) is 33.1 Å². The number of fused-ring (bicyclic) bond motifs is 2. The molecule has 0 bridgehead atoms. The second-order valence-electron chi connectivity index (χ2n) is 10.1. The van der Waals surface area contributed by atoms with Crippen LogP contribution in [-0.4, -0.2) is 55.0 Å². The zero-order chi connectivity index (χ0) is 25.2. The number of hydrogen-bond acceptors (Lipinski definition) is 4. The van der Waals surface area contributed by atoms with Crippen LogP contribution in [0.4, 0.5) is 5.69 Å². The molecule has 2 N–H and O–H groups in total. The van der Waals surface area contributed by atoms with Crippen LogP contribution < -0.4 is 10.6 Å². The highest BCUT2D eigenvalue weighted by molar-refractivity contribution is 6.03. The van der Waals surface area contributed by atoms with Gasteiger partial charge in [-0.15, -0.1) is 0 Å². The van der Waals surface area contributed by atoms with Crippen LogP contribution in [0.15, 0.2) is 91.0 Å². The predicted octanol–water partition coefficient (Wildman–Crippen LogP) is 4.81. The number of nitrogens with two attached hydrogens (primary N) is 1. The zero-order valence-corrected chi connectivity index (χ0v) is 21.2. The maximum absolute atomic E-state index is 14.1. The fourth-order valence-corrected chi connectivity index (χ4v) is 6.05. The predicted molar refractivity (Wildman–Crippen MR) is 150 cm³/mol. The van der Waals surface area contributed by atoms with Crippen LogP contribution in [-0.2, 0) is 13.0 Å². The lowest BCUT2D eigenvalue weighted by Crippen LogP contribution is -2.45. The Labute approximate surface area is 219 Å². The van der Waals surface area contributed by atoms with Crippen molar-refractivity contribution in [2.24, 2.45) is 5.73 Å². The Morgan fingerprint density at radius 2 is 1.46 bits per heavy atom. The molecule has 1 amide bonds. The average molecular weight is 491 g/mol. The number of anilines is 1. The second-order valence-corrected chi connectivity index (χ2v) is 10.1. The summed E-state index contributed by atoms with van der Waals surface area (Å²) in [7, 11) is 0. The highest BCUT2D eigenvalue weighted by atomic mass is 16.2. The Bertz CT molecular complexity index is 1350. The minimum absolute atomic E-state index is 0.0845. The molecule has 4 aliphatic rings. The van der Waals surface area contributed by atoms with Gasteiger partial charge in [-0.05, 0) is 52.4 Å². The van der Waals surface area contributed by atoms with Crippen LogP contribution in [0, 0.1) is 0 Å². The van der Waals surface area contributed by atoms with Gasteiger partial charge < -0.3 is 15.5 Å². The molecule has 37 heavy (non-hydrogen) atoms. The first-order valence-electron chi connectivity index (χ1n) is 13.3. The van der Waals surface area contributed by atoms with Gasteiger partial charge in [0.1, 0.15) is 0 Å². The van der Waals surface area contributed by atoms with Crippen molar-refractivity contribution in [3.8, 4) is 11.1 Å². The third-order valence-corrected chi connectivity index (χ3v) is 8.01. The standard InChI is InChI=1S/C32H34N4O/c33-22-31-28-13-8-7-9-24(28)15-16-36(31)32(37)30-21-25(27-12-5-2-6-14-29(27)30)23-34-17-19-35(20-18-34)26-10-3-1-4-11-26/h1-14,21,31H,15-20,22-23,33H2. The number of para-hydroxylation sites is 1. The molecule has 2 aromatic rings. The topological polar surface area (TPSA) is 52.8 Å². The molecule has 5 heteroatoms. The SMILES string of the molecule is NCC1c2ccccc2CCN1C(=O)c1cc(CN2CCN(c3ccccc3)CC2)c2cccccc1-2. The summed E-state index contributed by atoms with van der Waals surface area (Å²) in [6.45, 7) is 5.98. The van der Waals surface area contributed by atoms with E-state index in [-0.39, 0.29) is 11.9 Å². The van der Waals surface area contributed by atoms with E-state index < -0.39 is 0 Å². The van der Waals surface area contributed by atoms with Gasteiger partial charge in [-0.2, -0.15) is 0 Å². The van der Waals surface area contributed by atoms with Gasteiger partial charge in [-0.3, -0.25) is 9.69 Å². The van der Waals surface area contributed by atoms with Gasteiger partial charge in [0.15, 0.2) is 0 Å². The molecule has 6 rings (SSSR count). The van der Waals surface area contributed by atoms with E-state index in [2.05, 4.69) is 82.6 Å². The number of amides is 1. The first kappa shape index (κ1) is 23.7. The van der Waals surface area contributed by atoms with E-state index >= 15 is 0 Å². The van der Waals surface area contributed by atoms with Crippen molar-refractivity contribution in [3.05, 3.63) is 113 Å². The Balaban J connectivity index is 1.25. The van der Waals surface area contributed by atoms with E-state index in [1.807, 2.05) is 23.1 Å². The highest BCUT2D eigenvalue weighted by Crippen LogP contribution is 2.37. The summed E-state index contributed by atoms with van der Waals surface area (Å²) in [6.07, 6.45) is 0.864. The Hall–Kier alpha value is -3.67. The molecule has 2 aliphatic carbocycles. The lowest BCUT2D eigenvalue weighted by molar-refractivity contribution is 0.0669. The highest BCUT2D eigenvalue weighted by Gasteiger charge is 2.33. The molecule has 0 spiro atoms. The molecule has 188 valence electrons. The number of rotatable bonds is 5. The van der Waals surface area contributed by atoms with E-state index in [0.29, 0.717) is 13.1 Å². The maximum atomic E-state index is 14.1. The number of benzene rings is 2. The molecule has 1 atom stereocenters. The minimum Gasteiger partial charge on any atom is -0.369 e. The van der Waals surface area contributed by atoms with E-state index in [0.717, 1.165) is 50.3 Å². The number of hydrogen-bond donors (Lipinski definition) is 1. The zero-order valence-electron chi connectivity index (χ0n) is 21.2. The van der Waals surface area contributed by atoms with Gasteiger partial charge in [0.25, 0.3) is 5.91 Å². The first-order valence-corrected chi connectivity index (χ1v) is 13.3. The Morgan fingerprint density at radius 1 is 0.784 bits per heavy atom. The van der Waals surface area contributed by atoms with Gasteiger partial charge in [0.2, 0.25) is 0 Å². The van der Waals surface area contributed by atoms with Gasteiger partial charge in [-0.1, -0.05) is 72.8 Å². The molecule has 2 heterocycles. The summed E-state index contributed by atoms with van der Waals surface area (Å²) in [5.74, 6) is 0.0845. The lowest BCUT2D eigenvalue weighted by Gasteiger charge is -2.37. The van der Waals surface area contributed by atoms with Crippen molar-refractivity contribution in [3.63, 3.8) is 0 Å². The summed E-state index contributed by atoms with van der Waals surface area (Å²) < 4.78 is 0. The monoisotopic (exact) mass is 490 g/mol. The van der Waals surface area contributed by atoms with Crippen LogP contribution in [0.25, 0.3) is 11.1 Å². The number of carbonyl (C=O) groups is 1. The molecule has 2 aliphatic heterocycles. The smallest absolute Gasteiger partial charge is 0.255 e. The molecule has 1 saturated heterocycles. The quantitative estimate of drug-likeness (QED) is 0.436. The molecular formula is C32H34N4O. The molecule has 0 radical (unpaired) electrons. The Kier molecular flexibility index (Phi) is 6.64. The number of nitrogens with zero attached hydrogens (tertiary/aromatic N) is 3. The molecule has 2 aromatic carbocycles. The van der Waals surface area contributed by atoms with Crippen molar-refractivity contribution in [1.29, 1.82) is 0 Å². The fraction of sp³-hybridized carbons (Fsp3) is 0.281. The summed E-state index contributed by atoms with van der Waals surface area (Å²) in [5, 5.41) is 0. The molecule has 1 fully saturated rings. The minimum atomic E-state index is -0.0885. The van der Waals surface area contributed by atoms with Gasteiger partial charge >= 0.3 is 0 Å². The van der Waals surface area contributed by atoms with Crippen molar-refractivity contribution in [2.75, 3.05) is 44.2 Å². The fourth-order valence-electron chi connectivity index (χ4n) is 6.05. The molecule has 5 nitrogen and oxygen atoms in total. The first-order chi connectivity index (χ1) is 18.2. The number of piperazine rings is 1. The van der Waals surface area contributed by atoms with Gasteiger partial charge in [-0.25, -0.2) is 0 Å².